The van der Waals surface area contributed by atoms with Crippen LogP contribution in [0.25, 0.3) is 10.9 Å². The van der Waals surface area contributed by atoms with Crippen LogP contribution in [-0.4, -0.2) is 33.4 Å². The van der Waals surface area contributed by atoms with Crippen molar-refractivity contribution in [3.8, 4) is 0 Å². The molecule has 0 radical (unpaired) electrons. The van der Waals surface area contributed by atoms with E-state index in [1.807, 2.05) is 43.3 Å². The average molecular weight is 335 g/mol. The topological polar surface area (TPSA) is 55.2 Å². The highest BCUT2D eigenvalue weighted by Crippen LogP contribution is 2.18. The normalized spacial score (nSPS) is 10.8. The first-order chi connectivity index (χ1) is 12.1. The second kappa shape index (κ2) is 7.30. The van der Waals surface area contributed by atoms with E-state index in [4.69, 9.17) is 0 Å². The lowest BCUT2D eigenvalue weighted by Gasteiger charge is -2.22. The van der Waals surface area contributed by atoms with Crippen molar-refractivity contribution in [3.05, 3.63) is 76.3 Å². The molecule has 2 heterocycles. The van der Waals surface area contributed by atoms with Gasteiger partial charge in [0.1, 0.15) is 0 Å². The van der Waals surface area contributed by atoms with E-state index in [1.54, 1.807) is 28.9 Å². The van der Waals surface area contributed by atoms with E-state index < -0.39 is 0 Å². The van der Waals surface area contributed by atoms with Gasteiger partial charge in [-0.05, 0) is 37.1 Å². The molecule has 1 amide bonds. The maximum atomic E-state index is 13.0. The van der Waals surface area contributed by atoms with Crippen LogP contribution < -0.4 is 5.56 Å². The molecule has 0 spiro atoms. The van der Waals surface area contributed by atoms with Crippen LogP contribution in [0.2, 0.25) is 0 Å². The molecule has 0 saturated heterocycles. The van der Waals surface area contributed by atoms with E-state index in [0.717, 1.165) is 22.9 Å². The number of hydrogen-bond acceptors (Lipinski definition) is 3. The molecule has 25 heavy (non-hydrogen) atoms. The van der Waals surface area contributed by atoms with Gasteiger partial charge >= 0.3 is 0 Å². The molecular weight excluding hydrogens is 314 g/mol. The van der Waals surface area contributed by atoms with Crippen LogP contribution in [0.4, 0.5) is 0 Å². The highest BCUT2D eigenvalue weighted by molar-refractivity contribution is 6.06. The number of benzene rings is 1. The van der Waals surface area contributed by atoms with Crippen molar-refractivity contribution >= 4 is 16.8 Å². The Balaban J connectivity index is 1.92. The number of likely N-dealkylation sites (N-methyl/N-ethyl adjacent to an activating group) is 1. The maximum absolute atomic E-state index is 13.0. The van der Waals surface area contributed by atoms with Gasteiger partial charge in [-0.1, -0.05) is 18.2 Å². The summed E-state index contributed by atoms with van der Waals surface area (Å²) in [7, 11) is 1.72. The molecule has 0 N–H and O–H groups in total. The Bertz CT molecular complexity index is 948. The molecule has 3 aromatic rings. The molecule has 0 fully saturated rings. The standard InChI is InChI=1S/C20H21N3O2/c1-3-23(13-10-15-8-11-21-12-9-15)20(25)17-14-19(24)22(2)18-7-5-4-6-16(17)18/h4-9,11-12,14H,3,10,13H2,1-2H3. The number of aryl methyl sites for hydroxylation is 1. The van der Waals surface area contributed by atoms with Crippen LogP contribution in [0.1, 0.15) is 22.8 Å². The van der Waals surface area contributed by atoms with Gasteiger partial charge < -0.3 is 9.47 Å². The maximum Gasteiger partial charge on any atom is 0.254 e. The Kier molecular flexibility index (Phi) is 4.93. The van der Waals surface area contributed by atoms with Crippen molar-refractivity contribution in [1.29, 1.82) is 0 Å². The lowest BCUT2D eigenvalue weighted by atomic mass is 10.1. The summed E-state index contributed by atoms with van der Waals surface area (Å²) in [6.45, 7) is 3.14. The number of nitrogens with zero attached hydrogens (tertiary/aromatic N) is 3. The van der Waals surface area contributed by atoms with Gasteiger partial charge in [0, 0.05) is 44.0 Å². The second-order valence-electron chi connectivity index (χ2n) is 5.96. The van der Waals surface area contributed by atoms with Crippen LogP contribution in [0.15, 0.2) is 59.7 Å². The summed E-state index contributed by atoms with van der Waals surface area (Å²) in [6, 6.07) is 12.9. The molecule has 3 rings (SSSR count). The zero-order chi connectivity index (χ0) is 17.8. The second-order valence-corrected chi connectivity index (χ2v) is 5.96. The first-order valence-electron chi connectivity index (χ1n) is 8.38. The Hall–Kier alpha value is -2.95. The van der Waals surface area contributed by atoms with Crippen LogP contribution in [0.3, 0.4) is 0 Å². The van der Waals surface area contributed by atoms with Gasteiger partial charge in [-0.3, -0.25) is 14.6 Å². The van der Waals surface area contributed by atoms with Crippen LogP contribution in [0, 0.1) is 0 Å². The minimum atomic E-state index is -0.174. The van der Waals surface area contributed by atoms with Gasteiger partial charge in [0.05, 0.1) is 11.1 Å². The Morgan fingerprint density at radius 3 is 2.60 bits per heavy atom. The van der Waals surface area contributed by atoms with Gasteiger partial charge in [0.2, 0.25) is 0 Å². The number of para-hydroxylation sites is 1. The first-order valence-corrected chi connectivity index (χ1v) is 8.38. The van der Waals surface area contributed by atoms with Gasteiger partial charge in [-0.2, -0.15) is 0 Å². The fourth-order valence-corrected chi connectivity index (χ4v) is 2.97. The third kappa shape index (κ3) is 3.45. The molecule has 0 atom stereocenters. The van der Waals surface area contributed by atoms with Gasteiger partial charge in [0.15, 0.2) is 0 Å². The summed E-state index contributed by atoms with van der Waals surface area (Å²) in [5.74, 6) is -0.106. The summed E-state index contributed by atoms with van der Waals surface area (Å²) in [4.78, 5) is 31.1. The third-order valence-corrected chi connectivity index (χ3v) is 4.47. The minimum Gasteiger partial charge on any atom is -0.339 e. The number of amides is 1. The molecule has 128 valence electrons. The fourth-order valence-electron chi connectivity index (χ4n) is 2.97. The molecule has 0 unspecified atom stereocenters. The molecule has 5 nitrogen and oxygen atoms in total. The number of carbonyl (C=O) groups is 1. The van der Waals surface area contributed by atoms with Gasteiger partial charge in [0.25, 0.3) is 11.5 Å². The average Bonchev–Trinajstić information content (AvgIpc) is 2.66. The number of pyridine rings is 2. The lowest BCUT2D eigenvalue weighted by molar-refractivity contribution is 0.0768. The van der Waals surface area contributed by atoms with E-state index in [9.17, 15) is 9.59 Å². The van der Waals surface area contributed by atoms with E-state index in [0.29, 0.717) is 18.7 Å². The predicted octanol–water partition coefficient (Wildman–Crippen LogP) is 2.64. The number of aromatic nitrogens is 2. The fraction of sp³-hybridized carbons (Fsp3) is 0.250. The van der Waals surface area contributed by atoms with Crippen molar-refractivity contribution in [2.24, 2.45) is 7.05 Å². The van der Waals surface area contributed by atoms with Crippen molar-refractivity contribution in [3.63, 3.8) is 0 Å². The molecule has 0 aliphatic rings. The zero-order valence-electron chi connectivity index (χ0n) is 14.5. The zero-order valence-corrected chi connectivity index (χ0v) is 14.5. The molecule has 5 heteroatoms. The molecule has 2 aromatic heterocycles. The summed E-state index contributed by atoms with van der Waals surface area (Å²) in [6.07, 6.45) is 4.26. The van der Waals surface area contributed by atoms with Gasteiger partial charge in [-0.15, -0.1) is 0 Å². The highest BCUT2D eigenvalue weighted by atomic mass is 16.2. The Morgan fingerprint density at radius 2 is 1.88 bits per heavy atom. The summed E-state index contributed by atoms with van der Waals surface area (Å²) in [5.41, 5.74) is 2.20. The van der Waals surface area contributed by atoms with Gasteiger partial charge in [-0.25, -0.2) is 0 Å². The number of hydrogen-bond donors (Lipinski definition) is 0. The summed E-state index contributed by atoms with van der Waals surface area (Å²) >= 11 is 0. The smallest absolute Gasteiger partial charge is 0.254 e. The number of fused-ring (bicyclic) bond motifs is 1. The lowest BCUT2D eigenvalue weighted by Crippen LogP contribution is -2.34. The number of carbonyl (C=O) groups excluding carboxylic acids is 1. The molecule has 0 aliphatic carbocycles. The molecular formula is C20H21N3O2. The SMILES string of the molecule is CCN(CCc1ccncc1)C(=O)c1cc(=O)n(C)c2ccccc12. The highest BCUT2D eigenvalue weighted by Gasteiger charge is 2.18. The van der Waals surface area contributed by atoms with Crippen LogP contribution in [-0.2, 0) is 13.5 Å². The Morgan fingerprint density at radius 1 is 1.16 bits per heavy atom. The predicted molar refractivity (Wildman–Crippen MR) is 98.7 cm³/mol. The third-order valence-electron chi connectivity index (χ3n) is 4.47. The van der Waals surface area contributed by atoms with Crippen molar-refractivity contribution in [2.75, 3.05) is 13.1 Å². The summed E-state index contributed by atoms with van der Waals surface area (Å²) < 4.78 is 1.57. The largest absolute Gasteiger partial charge is 0.339 e. The molecule has 0 aliphatic heterocycles. The number of rotatable bonds is 5. The van der Waals surface area contributed by atoms with Crippen LogP contribution in [0.5, 0.6) is 0 Å². The van der Waals surface area contributed by atoms with Crippen molar-refractivity contribution in [1.82, 2.24) is 14.5 Å². The quantitative estimate of drug-likeness (QED) is 0.720. The molecule has 0 bridgehead atoms. The van der Waals surface area contributed by atoms with E-state index in [-0.39, 0.29) is 11.5 Å². The molecule has 1 aromatic carbocycles. The van der Waals surface area contributed by atoms with Crippen LogP contribution >= 0.6 is 0 Å². The summed E-state index contributed by atoms with van der Waals surface area (Å²) in [5, 5.41) is 0.803. The Labute approximate surface area is 146 Å². The van der Waals surface area contributed by atoms with Crippen molar-refractivity contribution < 1.29 is 4.79 Å². The van der Waals surface area contributed by atoms with E-state index >= 15 is 0 Å². The minimum absolute atomic E-state index is 0.106. The monoisotopic (exact) mass is 335 g/mol. The van der Waals surface area contributed by atoms with Crippen molar-refractivity contribution in [2.45, 2.75) is 13.3 Å². The first kappa shape index (κ1) is 16.9. The van der Waals surface area contributed by atoms with E-state index in [1.165, 1.54) is 6.07 Å². The molecule has 0 saturated carbocycles. The van der Waals surface area contributed by atoms with E-state index in [2.05, 4.69) is 4.98 Å².